The number of hydrogen-bond acceptors (Lipinski definition) is 5. The van der Waals surface area contributed by atoms with E-state index in [1.807, 2.05) is 0 Å². The van der Waals surface area contributed by atoms with Crippen LogP contribution in [0.4, 0.5) is 9.59 Å². The highest BCUT2D eigenvalue weighted by molar-refractivity contribution is 6.01. The molecule has 0 atom stereocenters. The van der Waals surface area contributed by atoms with Crippen LogP contribution in [0.5, 0.6) is 0 Å². The van der Waals surface area contributed by atoms with Crippen LogP contribution in [0.1, 0.15) is 12.8 Å². The lowest BCUT2D eigenvalue weighted by Gasteiger charge is -2.12. The largest absolute Gasteiger partial charge is 0.464 e. The van der Waals surface area contributed by atoms with Gasteiger partial charge < -0.3 is 9.94 Å². The fraction of sp³-hybridized carbons (Fsp3) is 0.333. The molecular formula is C6H7N3O6. The minimum atomic E-state index is -1.51. The molecular weight excluding hydrogens is 210 g/mol. The monoisotopic (exact) mass is 217 g/mol. The first-order valence-electron chi connectivity index (χ1n) is 3.83. The summed E-state index contributed by atoms with van der Waals surface area (Å²) >= 11 is 0. The van der Waals surface area contributed by atoms with Gasteiger partial charge in [-0.05, 0) is 0 Å². The first-order chi connectivity index (χ1) is 7.00. The van der Waals surface area contributed by atoms with Gasteiger partial charge in [-0.25, -0.2) is 20.4 Å². The molecule has 0 aromatic rings. The molecule has 1 fully saturated rings. The Labute approximate surface area is 82.9 Å². The van der Waals surface area contributed by atoms with E-state index < -0.39 is 24.0 Å². The average molecular weight is 217 g/mol. The molecule has 9 nitrogen and oxygen atoms in total. The van der Waals surface area contributed by atoms with Crippen LogP contribution in [0.3, 0.4) is 0 Å². The van der Waals surface area contributed by atoms with Crippen molar-refractivity contribution in [1.82, 2.24) is 15.9 Å². The molecule has 0 spiro atoms. The number of hydroxylamine groups is 2. The molecule has 1 aliphatic heterocycles. The standard InChI is InChI=1S/C6H7N3O6/c10-3-1-2-4(11)9(3)15-6(14)8-7-5(12)13/h7H,1-2H2,(H,8,14)(H,12,13). The third-order valence-electron chi connectivity index (χ3n) is 1.45. The van der Waals surface area contributed by atoms with Crippen LogP contribution in [0.2, 0.25) is 0 Å². The average Bonchev–Trinajstić information content (AvgIpc) is 2.46. The van der Waals surface area contributed by atoms with E-state index in [4.69, 9.17) is 5.11 Å². The molecule has 1 heterocycles. The maximum atomic E-state index is 10.9. The van der Waals surface area contributed by atoms with Crippen LogP contribution in [-0.4, -0.2) is 34.2 Å². The number of carboxylic acid groups (broad SMARTS) is 1. The van der Waals surface area contributed by atoms with Gasteiger partial charge in [-0.15, -0.1) is 5.06 Å². The zero-order valence-corrected chi connectivity index (χ0v) is 7.35. The highest BCUT2D eigenvalue weighted by Gasteiger charge is 2.32. The van der Waals surface area contributed by atoms with E-state index in [0.717, 1.165) is 0 Å². The Kier molecular flexibility index (Phi) is 3.06. The second-order valence-electron chi connectivity index (χ2n) is 2.52. The highest BCUT2D eigenvalue weighted by atomic mass is 16.7. The Hall–Kier alpha value is -2.32. The van der Waals surface area contributed by atoms with Crippen molar-refractivity contribution in [3.8, 4) is 0 Å². The summed E-state index contributed by atoms with van der Waals surface area (Å²) < 4.78 is 0. The number of carbonyl (C=O) groups excluding carboxylic acids is 3. The molecule has 0 saturated carbocycles. The molecule has 4 amide bonds. The molecule has 0 aromatic heterocycles. The summed E-state index contributed by atoms with van der Waals surface area (Å²) in [6, 6.07) is 0. The van der Waals surface area contributed by atoms with Gasteiger partial charge in [0.1, 0.15) is 0 Å². The predicted octanol–water partition coefficient (Wildman–Crippen LogP) is -1.04. The zero-order chi connectivity index (χ0) is 11.4. The van der Waals surface area contributed by atoms with Gasteiger partial charge in [0.2, 0.25) is 0 Å². The zero-order valence-electron chi connectivity index (χ0n) is 7.35. The van der Waals surface area contributed by atoms with E-state index in [0.29, 0.717) is 5.06 Å². The molecule has 0 aliphatic carbocycles. The van der Waals surface area contributed by atoms with Gasteiger partial charge in [0.05, 0.1) is 0 Å². The van der Waals surface area contributed by atoms with E-state index in [9.17, 15) is 19.2 Å². The van der Waals surface area contributed by atoms with Crippen LogP contribution >= 0.6 is 0 Å². The fourth-order valence-corrected chi connectivity index (χ4v) is 0.868. The van der Waals surface area contributed by atoms with Crippen LogP contribution in [-0.2, 0) is 14.4 Å². The topological polar surface area (TPSA) is 125 Å². The van der Waals surface area contributed by atoms with Crippen molar-refractivity contribution in [3.63, 3.8) is 0 Å². The van der Waals surface area contributed by atoms with Crippen molar-refractivity contribution in [2.24, 2.45) is 0 Å². The number of carbonyl (C=O) groups is 4. The van der Waals surface area contributed by atoms with Crippen LogP contribution < -0.4 is 10.9 Å². The summed E-state index contributed by atoms with van der Waals surface area (Å²) in [5.41, 5.74) is 3.09. The fourth-order valence-electron chi connectivity index (χ4n) is 0.868. The highest BCUT2D eigenvalue weighted by Crippen LogP contribution is 2.11. The molecule has 1 saturated heterocycles. The summed E-state index contributed by atoms with van der Waals surface area (Å²) in [7, 11) is 0. The molecule has 3 N–H and O–H groups in total. The summed E-state index contributed by atoms with van der Waals surface area (Å²) in [6.07, 6.45) is -2.83. The molecule has 1 rings (SSSR count). The van der Waals surface area contributed by atoms with Gasteiger partial charge in [0.25, 0.3) is 11.8 Å². The smallest absolute Gasteiger partial charge is 0.451 e. The number of amides is 4. The third kappa shape index (κ3) is 2.83. The Bertz CT molecular complexity index is 311. The van der Waals surface area contributed by atoms with E-state index in [1.54, 1.807) is 5.43 Å². The first kappa shape index (κ1) is 10.8. The van der Waals surface area contributed by atoms with Gasteiger partial charge in [0, 0.05) is 12.8 Å². The van der Waals surface area contributed by atoms with Crippen molar-refractivity contribution in [2.75, 3.05) is 0 Å². The number of rotatable bonds is 1. The van der Waals surface area contributed by atoms with Gasteiger partial charge in [-0.3, -0.25) is 9.59 Å². The second kappa shape index (κ2) is 4.26. The summed E-state index contributed by atoms with van der Waals surface area (Å²) in [6.45, 7) is 0. The maximum Gasteiger partial charge on any atom is 0.451 e. The molecule has 82 valence electrons. The van der Waals surface area contributed by atoms with Crippen LogP contribution in [0, 0.1) is 0 Å². The van der Waals surface area contributed by atoms with Crippen LogP contribution in [0.15, 0.2) is 0 Å². The lowest BCUT2D eigenvalue weighted by molar-refractivity contribution is -0.171. The van der Waals surface area contributed by atoms with E-state index in [-0.39, 0.29) is 12.8 Å². The first-order valence-corrected chi connectivity index (χ1v) is 3.83. The second-order valence-corrected chi connectivity index (χ2v) is 2.52. The van der Waals surface area contributed by atoms with Crippen molar-refractivity contribution in [3.05, 3.63) is 0 Å². The molecule has 1 aliphatic rings. The van der Waals surface area contributed by atoms with Crippen molar-refractivity contribution in [2.45, 2.75) is 12.8 Å². The van der Waals surface area contributed by atoms with E-state index in [2.05, 4.69) is 4.84 Å². The number of nitrogens with one attached hydrogen (secondary N) is 2. The Balaban J connectivity index is 2.40. The molecule has 0 radical (unpaired) electrons. The molecule has 0 aromatic carbocycles. The van der Waals surface area contributed by atoms with E-state index >= 15 is 0 Å². The lowest BCUT2D eigenvalue weighted by atomic mass is 10.4. The van der Waals surface area contributed by atoms with Crippen molar-refractivity contribution >= 4 is 24.0 Å². The Morgan fingerprint density at radius 3 is 2.20 bits per heavy atom. The maximum absolute atomic E-state index is 10.9. The molecule has 0 bridgehead atoms. The number of nitrogens with zero attached hydrogens (tertiary/aromatic N) is 1. The minimum Gasteiger partial charge on any atom is -0.464 e. The molecule has 9 heteroatoms. The van der Waals surface area contributed by atoms with Crippen LogP contribution in [0.25, 0.3) is 0 Å². The number of hydrogen-bond donors (Lipinski definition) is 3. The normalized spacial score (nSPS) is 15.1. The molecule has 15 heavy (non-hydrogen) atoms. The SMILES string of the molecule is O=C(O)NNC(=O)ON1C(=O)CCC1=O. The predicted molar refractivity (Wildman–Crippen MR) is 41.9 cm³/mol. The number of hydrazine groups is 1. The Morgan fingerprint density at radius 1 is 1.20 bits per heavy atom. The summed E-state index contributed by atoms with van der Waals surface area (Å²) in [5.74, 6) is -1.30. The minimum absolute atomic E-state index is 0.0293. The summed E-state index contributed by atoms with van der Waals surface area (Å²) in [4.78, 5) is 46.8. The van der Waals surface area contributed by atoms with Gasteiger partial charge >= 0.3 is 12.2 Å². The Morgan fingerprint density at radius 2 is 1.73 bits per heavy atom. The van der Waals surface area contributed by atoms with Gasteiger partial charge in [-0.2, -0.15) is 0 Å². The van der Waals surface area contributed by atoms with Crippen molar-refractivity contribution in [1.29, 1.82) is 0 Å². The van der Waals surface area contributed by atoms with Gasteiger partial charge in [0.15, 0.2) is 0 Å². The summed E-state index contributed by atoms with van der Waals surface area (Å²) in [5, 5.41) is 8.39. The quantitative estimate of drug-likeness (QED) is 0.380. The third-order valence-corrected chi connectivity index (χ3v) is 1.45. The molecule has 0 unspecified atom stereocenters. The van der Waals surface area contributed by atoms with Gasteiger partial charge in [-0.1, -0.05) is 0 Å². The van der Waals surface area contributed by atoms with Crippen molar-refractivity contribution < 1.29 is 29.1 Å². The van der Waals surface area contributed by atoms with E-state index in [1.165, 1.54) is 5.43 Å². The lowest BCUT2D eigenvalue weighted by Crippen LogP contribution is -2.44. The number of imide groups is 1.